The summed E-state index contributed by atoms with van der Waals surface area (Å²) in [6.45, 7) is 15.4. The van der Waals surface area contributed by atoms with Gasteiger partial charge >= 0.3 is 17.6 Å². The molecule has 0 aliphatic heterocycles. The van der Waals surface area contributed by atoms with E-state index in [0.717, 1.165) is 63.8 Å². The number of phenols is 1. The van der Waals surface area contributed by atoms with Crippen LogP contribution in [0.5, 0.6) is 5.75 Å². The SMILES string of the molecule is CCO[Si](CCCSc1ccc(-c2nc(-c3cc(Cl)c(O)c(Cl)c3)[nH]c2-c2ccc(SCCC[Si](OCC)(OCC)OCC)cc2)cc1)(OCC)OCC. The van der Waals surface area contributed by atoms with Gasteiger partial charge in [0.2, 0.25) is 0 Å². The highest BCUT2D eigenvalue weighted by Gasteiger charge is 2.40. The number of rotatable bonds is 25. The Bertz CT molecular complexity index is 1570. The number of thioether (sulfide) groups is 2. The third-order valence-electron chi connectivity index (χ3n) is 8.24. The molecular formula is C39H54Cl2N2O7S2Si2. The second-order valence-electron chi connectivity index (χ2n) is 12.0. The van der Waals surface area contributed by atoms with Crippen LogP contribution in [0.1, 0.15) is 54.4 Å². The van der Waals surface area contributed by atoms with E-state index in [4.69, 9.17) is 54.7 Å². The Hall–Kier alpha value is -1.86. The van der Waals surface area contributed by atoms with Crippen molar-refractivity contribution in [3.8, 4) is 39.7 Å². The van der Waals surface area contributed by atoms with Crippen LogP contribution in [0.2, 0.25) is 22.1 Å². The van der Waals surface area contributed by atoms with Crippen LogP contribution in [0.3, 0.4) is 0 Å². The first-order chi connectivity index (χ1) is 26.2. The lowest BCUT2D eigenvalue weighted by Gasteiger charge is -2.28. The zero-order chi connectivity index (χ0) is 39.0. The number of aromatic amines is 1. The number of halogens is 2. The van der Waals surface area contributed by atoms with Gasteiger partial charge < -0.3 is 36.6 Å². The lowest BCUT2D eigenvalue weighted by molar-refractivity contribution is 0.0704. The first-order valence-electron chi connectivity index (χ1n) is 18.7. The van der Waals surface area contributed by atoms with Crippen LogP contribution in [0.25, 0.3) is 33.9 Å². The van der Waals surface area contributed by atoms with Crippen molar-refractivity contribution in [2.24, 2.45) is 0 Å². The predicted octanol–water partition coefficient (Wildman–Crippen LogP) is 11.5. The molecule has 1 heterocycles. The summed E-state index contributed by atoms with van der Waals surface area (Å²) in [5, 5.41) is 10.5. The molecule has 2 N–H and O–H groups in total. The molecule has 296 valence electrons. The summed E-state index contributed by atoms with van der Waals surface area (Å²) in [5.41, 5.74) is 4.29. The van der Waals surface area contributed by atoms with Gasteiger partial charge in [-0.3, -0.25) is 0 Å². The van der Waals surface area contributed by atoms with E-state index >= 15 is 0 Å². The van der Waals surface area contributed by atoms with Crippen molar-refractivity contribution in [1.82, 2.24) is 9.97 Å². The molecule has 0 saturated carbocycles. The summed E-state index contributed by atoms with van der Waals surface area (Å²) in [6.07, 6.45) is 1.85. The highest BCUT2D eigenvalue weighted by atomic mass is 35.5. The number of H-pyrrole nitrogens is 1. The number of hydrogen-bond donors (Lipinski definition) is 2. The maximum absolute atomic E-state index is 10.2. The van der Waals surface area contributed by atoms with E-state index in [1.807, 2.05) is 41.5 Å². The Morgan fingerprint density at radius 3 is 1.37 bits per heavy atom. The van der Waals surface area contributed by atoms with Crippen molar-refractivity contribution in [2.75, 3.05) is 51.1 Å². The van der Waals surface area contributed by atoms with Gasteiger partial charge in [-0.2, -0.15) is 0 Å². The van der Waals surface area contributed by atoms with E-state index in [1.54, 1.807) is 35.7 Å². The standard InChI is InChI=1S/C39H54Cl2N2O7S2Si2/c1-7-45-53(46-8-2,47-9-3)25-13-23-51-32-19-15-29(16-20-32)36-37(43-39(42-36)31-27-34(40)38(44)35(41)28-31)30-17-21-33(22-18-30)52-24-14-26-54(48-10-4,49-11-5)50-12-6/h15-22,27-28,44H,7-14,23-26H2,1-6H3,(H,42,43). The van der Waals surface area contributed by atoms with Gasteiger partial charge in [0.05, 0.1) is 21.4 Å². The lowest BCUT2D eigenvalue weighted by Crippen LogP contribution is -2.46. The van der Waals surface area contributed by atoms with Crippen molar-refractivity contribution < 1.29 is 31.7 Å². The molecule has 9 nitrogen and oxygen atoms in total. The summed E-state index contributed by atoms with van der Waals surface area (Å²) < 4.78 is 36.2. The van der Waals surface area contributed by atoms with E-state index in [-0.39, 0.29) is 15.8 Å². The molecule has 0 radical (unpaired) electrons. The molecule has 0 saturated heterocycles. The maximum atomic E-state index is 10.2. The second-order valence-corrected chi connectivity index (χ2v) is 20.6. The molecule has 0 aliphatic rings. The van der Waals surface area contributed by atoms with Crippen molar-refractivity contribution in [1.29, 1.82) is 0 Å². The molecule has 4 aromatic rings. The number of nitrogens with one attached hydrogen (secondary N) is 1. The highest BCUT2D eigenvalue weighted by molar-refractivity contribution is 7.99. The minimum Gasteiger partial charge on any atom is -0.505 e. The van der Waals surface area contributed by atoms with Crippen LogP contribution in [0.15, 0.2) is 70.5 Å². The van der Waals surface area contributed by atoms with E-state index in [0.29, 0.717) is 51.0 Å². The Morgan fingerprint density at radius 2 is 0.981 bits per heavy atom. The summed E-state index contributed by atoms with van der Waals surface area (Å²) >= 11 is 16.2. The Labute approximate surface area is 341 Å². The van der Waals surface area contributed by atoms with Crippen LogP contribution in [0.4, 0.5) is 0 Å². The minimum atomic E-state index is -2.66. The number of nitrogens with zero attached hydrogens (tertiary/aromatic N) is 1. The average Bonchev–Trinajstić information content (AvgIpc) is 3.61. The van der Waals surface area contributed by atoms with E-state index in [2.05, 4.69) is 53.5 Å². The normalized spacial score (nSPS) is 12.1. The monoisotopic (exact) mass is 852 g/mol. The molecule has 0 bridgehead atoms. The van der Waals surface area contributed by atoms with Crippen LogP contribution in [0, 0.1) is 0 Å². The van der Waals surface area contributed by atoms with E-state index in [1.165, 1.54) is 4.90 Å². The van der Waals surface area contributed by atoms with Gasteiger partial charge in [-0.15, -0.1) is 23.5 Å². The van der Waals surface area contributed by atoms with E-state index in [9.17, 15) is 5.11 Å². The highest BCUT2D eigenvalue weighted by Crippen LogP contribution is 2.39. The van der Waals surface area contributed by atoms with E-state index < -0.39 is 17.6 Å². The van der Waals surface area contributed by atoms with Gasteiger partial charge in [0.1, 0.15) is 5.82 Å². The van der Waals surface area contributed by atoms with Crippen LogP contribution < -0.4 is 0 Å². The van der Waals surface area contributed by atoms with Crippen molar-refractivity contribution in [3.05, 3.63) is 70.7 Å². The van der Waals surface area contributed by atoms with Gasteiger partial charge in [-0.1, -0.05) is 47.5 Å². The molecule has 15 heteroatoms. The van der Waals surface area contributed by atoms with Gasteiger partial charge in [0.25, 0.3) is 0 Å². The first-order valence-corrected chi connectivity index (χ1v) is 25.3. The molecule has 0 unspecified atom stereocenters. The summed E-state index contributed by atoms with van der Waals surface area (Å²) in [4.78, 5) is 10.9. The molecule has 4 rings (SSSR count). The quantitative estimate of drug-likeness (QED) is 0.0380. The Balaban J connectivity index is 1.51. The fourth-order valence-corrected chi connectivity index (χ4v) is 13.9. The summed E-state index contributed by atoms with van der Waals surface area (Å²) in [6, 6.07) is 21.8. The zero-order valence-electron chi connectivity index (χ0n) is 32.2. The van der Waals surface area contributed by atoms with Gasteiger partial charge in [0.15, 0.2) is 5.75 Å². The summed E-state index contributed by atoms with van der Waals surface area (Å²) in [7, 11) is -5.32. The Morgan fingerprint density at radius 1 is 0.593 bits per heavy atom. The first kappa shape index (κ1) is 44.9. The Kier molecular flexibility index (Phi) is 18.9. The van der Waals surface area contributed by atoms with Gasteiger partial charge in [-0.05, 0) is 102 Å². The topological polar surface area (TPSA) is 104 Å². The molecule has 3 aromatic carbocycles. The molecule has 0 atom stereocenters. The van der Waals surface area contributed by atoms with Crippen LogP contribution in [-0.2, 0) is 26.6 Å². The smallest absolute Gasteiger partial charge is 0.500 e. The van der Waals surface area contributed by atoms with Gasteiger partial charge in [-0.25, -0.2) is 4.98 Å². The van der Waals surface area contributed by atoms with Crippen LogP contribution >= 0.6 is 46.7 Å². The number of benzene rings is 3. The number of aromatic nitrogens is 2. The summed E-state index contributed by atoms with van der Waals surface area (Å²) in [5.74, 6) is 2.28. The molecule has 54 heavy (non-hydrogen) atoms. The van der Waals surface area contributed by atoms with Gasteiger partial charge in [0, 0.05) is 78.2 Å². The van der Waals surface area contributed by atoms with Crippen molar-refractivity contribution >= 4 is 64.3 Å². The van der Waals surface area contributed by atoms with Crippen LogP contribution in [-0.4, -0.2) is 83.8 Å². The number of aromatic hydroxyl groups is 1. The fourth-order valence-electron chi connectivity index (χ4n) is 6.02. The predicted molar refractivity (Wildman–Crippen MR) is 228 cm³/mol. The molecule has 0 aliphatic carbocycles. The molecule has 0 fully saturated rings. The molecule has 1 aromatic heterocycles. The lowest BCUT2D eigenvalue weighted by atomic mass is 10.1. The zero-order valence-corrected chi connectivity index (χ0v) is 37.3. The molecule has 0 spiro atoms. The molecular weight excluding hydrogens is 800 g/mol. The maximum Gasteiger partial charge on any atom is 0.500 e. The average molecular weight is 854 g/mol. The fraction of sp³-hybridized carbons (Fsp3) is 0.462. The third-order valence-corrected chi connectivity index (χ3v) is 17.3. The van der Waals surface area contributed by atoms with Crippen molar-refractivity contribution in [3.63, 3.8) is 0 Å². The third kappa shape index (κ3) is 12.6. The largest absolute Gasteiger partial charge is 0.505 e. The van der Waals surface area contributed by atoms with Crippen molar-refractivity contribution in [2.45, 2.75) is 76.3 Å². The number of phenolic OH excluding ortho intramolecular Hbond substituents is 1. The second kappa shape index (κ2) is 22.8. The number of imidazole rings is 1. The minimum absolute atomic E-state index is 0.154. The molecule has 0 amide bonds. The number of hydrogen-bond acceptors (Lipinski definition) is 10.